The molecule has 1 aromatic rings. The molecule has 24 heavy (non-hydrogen) atoms. The molecule has 1 aromatic carbocycles. The van der Waals surface area contributed by atoms with E-state index in [1.165, 1.54) is 0 Å². The second kappa shape index (κ2) is 9.40. The molecular formula is C20H27NO3. The standard InChI is InChI=1S/C20H27NO3/c1-2-15-12-16(19(14-23)18(15)13-22)8-6-7-11-20(24)21-17-9-4-3-5-10-17/h2-6,8-10,15-16,18-19,22-23H,1,7,11-14H2,(H,21,24)/b8-6-/t15-,16+,18+,19-/m1/s1. The fraction of sp³-hybridized carbons (Fsp3) is 0.450. The van der Waals surface area contributed by atoms with Crippen molar-refractivity contribution in [3.05, 3.63) is 55.1 Å². The first-order valence-electron chi connectivity index (χ1n) is 8.55. The molecule has 1 aliphatic carbocycles. The molecule has 4 nitrogen and oxygen atoms in total. The highest BCUT2D eigenvalue weighted by atomic mass is 16.3. The monoisotopic (exact) mass is 329 g/mol. The highest BCUT2D eigenvalue weighted by molar-refractivity contribution is 5.90. The van der Waals surface area contributed by atoms with E-state index >= 15 is 0 Å². The lowest BCUT2D eigenvalue weighted by atomic mass is 9.88. The van der Waals surface area contributed by atoms with Gasteiger partial charge >= 0.3 is 0 Å². The van der Waals surface area contributed by atoms with E-state index in [0.29, 0.717) is 12.8 Å². The summed E-state index contributed by atoms with van der Waals surface area (Å²) in [5, 5.41) is 22.0. The number of nitrogens with one attached hydrogen (secondary N) is 1. The predicted molar refractivity (Wildman–Crippen MR) is 96.4 cm³/mol. The van der Waals surface area contributed by atoms with Crippen LogP contribution in [0.1, 0.15) is 19.3 Å². The Balaban J connectivity index is 1.81. The molecule has 0 radical (unpaired) electrons. The molecule has 0 unspecified atom stereocenters. The number of carbonyl (C=O) groups is 1. The van der Waals surface area contributed by atoms with Crippen molar-refractivity contribution in [3.63, 3.8) is 0 Å². The summed E-state index contributed by atoms with van der Waals surface area (Å²) in [6.07, 6.45) is 7.96. The van der Waals surface area contributed by atoms with Gasteiger partial charge in [0.05, 0.1) is 0 Å². The minimum atomic E-state index is -0.00631. The molecule has 0 heterocycles. The zero-order valence-corrected chi connectivity index (χ0v) is 14.0. The van der Waals surface area contributed by atoms with Gasteiger partial charge in [0.1, 0.15) is 0 Å². The molecule has 0 saturated heterocycles. The van der Waals surface area contributed by atoms with Gasteiger partial charge in [-0.25, -0.2) is 0 Å². The van der Waals surface area contributed by atoms with Crippen LogP contribution in [-0.2, 0) is 4.79 Å². The Morgan fingerprint density at radius 1 is 1.17 bits per heavy atom. The third-order valence-electron chi connectivity index (χ3n) is 4.90. The number of amides is 1. The molecule has 2 rings (SSSR count). The van der Waals surface area contributed by atoms with Crippen LogP contribution in [-0.4, -0.2) is 29.3 Å². The summed E-state index contributed by atoms with van der Waals surface area (Å²) >= 11 is 0. The number of benzene rings is 1. The van der Waals surface area contributed by atoms with Crippen molar-refractivity contribution in [2.24, 2.45) is 23.7 Å². The third kappa shape index (κ3) is 4.79. The number of hydrogen-bond acceptors (Lipinski definition) is 3. The Labute approximate surface area is 143 Å². The molecule has 130 valence electrons. The summed E-state index contributed by atoms with van der Waals surface area (Å²) in [4.78, 5) is 11.9. The van der Waals surface area contributed by atoms with Crippen LogP contribution >= 0.6 is 0 Å². The molecule has 0 aromatic heterocycles. The van der Waals surface area contributed by atoms with Crippen LogP contribution in [0.25, 0.3) is 0 Å². The number of rotatable bonds is 8. The molecule has 0 bridgehead atoms. The second-order valence-corrected chi connectivity index (χ2v) is 6.37. The van der Waals surface area contributed by atoms with Crippen LogP contribution in [0.15, 0.2) is 55.1 Å². The largest absolute Gasteiger partial charge is 0.396 e. The van der Waals surface area contributed by atoms with E-state index < -0.39 is 0 Å². The maximum absolute atomic E-state index is 11.9. The molecule has 1 amide bonds. The van der Waals surface area contributed by atoms with Gasteiger partial charge in [0, 0.05) is 25.3 Å². The number of aliphatic hydroxyl groups excluding tert-OH is 2. The molecule has 0 spiro atoms. The van der Waals surface area contributed by atoms with Gasteiger partial charge in [-0.1, -0.05) is 36.4 Å². The van der Waals surface area contributed by atoms with Crippen LogP contribution in [0.5, 0.6) is 0 Å². The lowest BCUT2D eigenvalue weighted by molar-refractivity contribution is -0.116. The fourth-order valence-corrected chi connectivity index (χ4v) is 3.56. The lowest BCUT2D eigenvalue weighted by Crippen LogP contribution is -2.23. The van der Waals surface area contributed by atoms with E-state index in [1.807, 2.05) is 42.5 Å². The van der Waals surface area contributed by atoms with E-state index in [-0.39, 0.29) is 42.8 Å². The molecule has 0 aliphatic heterocycles. The maximum Gasteiger partial charge on any atom is 0.224 e. The molecule has 4 heteroatoms. The highest BCUT2D eigenvalue weighted by Gasteiger charge is 2.39. The van der Waals surface area contributed by atoms with Crippen LogP contribution < -0.4 is 5.32 Å². The Kier molecular flexibility index (Phi) is 7.22. The number of para-hydroxylation sites is 1. The Bertz CT molecular complexity index is 555. The van der Waals surface area contributed by atoms with E-state index in [4.69, 9.17) is 0 Å². The van der Waals surface area contributed by atoms with Gasteiger partial charge in [-0.2, -0.15) is 0 Å². The van der Waals surface area contributed by atoms with E-state index in [0.717, 1.165) is 12.1 Å². The quantitative estimate of drug-likeness (QED) is 0.642. The SMILES string of the molecule is C=C[C@@H]1C[C@H](/C=C\CCC(=O)Nc2ccccc2)[C@@H](CO)[C@H]1CO. The number of carbonyl (C=O) groups excluding carboxylic acids is 1. The summed E-state index contributed by atoms with van der Waals surface area (Å²) < 4.78 is 0. The Morgan fingerprint density at radius 2 is 1.83 bits per heavy atom. The van der Waals surface area contributed by atoms with Gasteiger partial charge in [-0.3, -0.25) is 4.79 Å². The van der Waals surface area contributed by atoms with Gasteiger partial charge in [0.15, 0.2) is 0 Å². The minimum Gasteiger partial charge on any atom is -0.396 e. The van der Waals surface area contributed by atoms with E-state index in [1.54, 1.807) is 0 Å². The zero-order valence-electron chi connectivity index (χ0n) is 14.0. The van der Waals surface area contributed by atoms with Gasteiger partial charge in [0.25, 0.3) is 0 Å². The molecule has 1 aliphatic rings. The Hall–Kier alpha value is -1.91. The van der Waals surface area contributed by atoms with Crippen LogP contribution in [0.4, 0.5) is 5.69 Å². The van der Waals surface area contributed by atoms with Crippen LogP contribution in [0.3, 0.4) is 0 Å². The van der Waals surface area contributed by atoms with Crippen LogP contribution in [0.2, 0.25) is 0 Å². The maximum atomic E-state index is 11.9. The van der Waals surface area contributed by atoms with Crippen molar-refractivity contribution >= 4 is 11.6 Å². The number of anilines is 1. The third-order valence-corrected chi connectivity index (χ3v) is 4.90. The second-order valence-electron chi connectivity index (χ2n) is 6.37. The zero-order chi connectivity index (χ0) is 17.4. The predicted octanol–water partition coefficient (Wildman–Crippen LogP) is 3.00. The normalized spacial score (nSPS) is 26.6. The fourth-order valence-electron chi connectivity index (χ4n) is 3.56. The van der Waals surface area contributed by atoms with Crippen molar-refractivity contribution in [1.82, 2.24) is 0 Å². The summed E-state index contributed by atoms with van der Waals surface area (Å²) in [5.41, 5.74) is 0.808. The smallest absolute Gasteiger partial charge is 0.224 e. The highest BCUT2D eigenvalue weighted by Crippen LogP contribution is 2.42. The lowest BCUT2D eigenvalue weighted by Gasteiger charge is -2.20. The molecule has 3 N–H and O–H groups in total. The molecule has 1 fully saturated rings. The summed E-state index contributed by atoms with van der Waals surface area (Å²) in [6.45, 7) is 3.98. The van der Waals surface area contributed by atoms with Crippen molar-refractivity contribution in [2.45, 2.75) is 19.3 Å². The van der Waals surface area contributed by atoms with E-state index in [9.17, 15) is 15.0 Å². The van der Waals surface area contributed by atoms with Gasteiger partial charge < -0.3 is 15.5 Å². The Morgan fingerprint density at radius 3 is 2.46 bits per heavy atom. The van der Waals surface area contributed by atoms with Gasteiger partial charge in [0.2, 0.25) is 5.91 Å². The van der Waals surface area contributed by atoms with Gasteiger partial charge in [-0.05, 0) is 48.6 Å². The van der Waals surface area contributed by atoms with Crippen molar-refractivity contribution in [1.29, 1.82) is 0 Å². The number of aliphatic hydroxyl groups is 2. The van der Waals surface area contributed by atoms with Crippen molar-refractivity contribution in [2.75, 3.05) is 18.5 Å². The number of allylic oxidation sites excluding steroid dienone is 3. The summed E-state index contributed by atoms with van der Waals surface area (Å²) in [5.74, 6) is 0.597. The number of hydrogen-bond donors (Lipinski definition) is 3. The minimum absolute atomic E-state index is 0.00631. The van der Waals surface area contributed by atoms with E-state index in [2.05, 4.69) is 18.0 Å². The van der Waals surface area contributed by atoms with Gasteiger partial charge in [-0.15, -0.1) is 6.58 Å². The molecule has 4 atom stereocenters. The first-order valence-corrected chi connectivity index (χ1v) is 8.55. The first kappa shape index (κ1) is 18.4. The molecule has 1 saturated carbocycles. The van der Waals surface area contributed by atoms with Crippen molar-refractivity contribution < 1.29 is 15.0 Å². The average Bonchev–Trinajstić information content (AvgIpc) is 2.96. The van der Waals surface area contributed by atoms with Crippen LogP contribution in [0, 0.1) is 23.7 Å². The summed E-state index contributed by atoms with van der Waals surface area (Å²) in [7, 11) is 0. The average molecular weight is 329 g/mol. The van der Waals surface area contributed by atoms with Crippen molar-refractivity contribution in [3.8, 4) is 0 Å². The summed E-state index contributed by atoms with van der Waals surface area (Å²) in [6, 6.07) is 9.41. The molecular weight excluding hydrogens is 302 g/mol. The first-order chi connectivity index (χ1) is 11.7. The topological polar surface area (TPSA) is 69.6 Å².